The number of rotatable bonds is 4. The van der Waals surface area contributed by atoms with Crippen LogP contribution in [0.25, 0.3) is 0 Å². The maximum atomic E-state index is 12.7. The molecular formula is C20H30N4O3. The van der Waals surface area contributed by atoms with Gasteiger partial charge in [-0.25, -0.2) is 9.78 Å². The highest BCUT2D eigenvalue weighted by atomic mass is 16.6. The minimum atomic E-state index is -0.305. The first kappa shape index (κ1) is 19.5. The predicted molar refractivity (Wildman–Crippen MR) is 104 cm³/mol. The van der Waals surface area contributed by atoms with Gasteiger partial charge < -0.3 is 19.9 Å². The molecule has 0 radical (unpaired) electrons. The van der Waals surface area contributed by atoms with E-state index in [9.17, 15) is 9.59 Å². The summed E-state index contributed by atoms with van der Waals surface area (Å²) in [6.45, 7) is 4.18. The summed E-state index contributed by atoms with van der Waals surface area (Å²) in [4.78, 5) is 32.3. The van der Waals surface area contributed by atoms with Gasteiger partial charge in [0.05, 0.1) is 12.2 Å². The highest BCUT2D eigenvalue weighted by Gasteiger charge is 2.25. The lowest BCUT2D eigenvalue weighted by atomic mass is 10.1. The zero-order chi connectivity index (χ0) is 19.1. The quantitative estimate of drug-likeness (QED) is 0.820. The van der Waals surface area contributed by atoms with Crippen LogP contribution in [0, 0.1) is 0 Å². The van der Waals surface area contributed by atoms with Gasteiger partial charge in [0.2, 0.25) is 0 Å². The SMILES string of the molecule is CCOC(=O)N1CCN(C(=O)c2ccc(NC3CCCCCC3)nc2)CC1. The lowest BCUT2D eigenvalue weighted by Gasteiger charge is -2.34. The first-order valence-electron chi connectivity index (χ1n) is 10.1. The molecule has 27 heavy (non-hydrogen) atoms. The van der Waals surface area contributed by atoms with Gasteiger partial charge in [-0.3, -0.25) is 4.79 Å². The number of nitrogens with one attached hydrogen (secondary N) is 1. The maximum Gasteiger partial charge on any atom is 0.409 e. The molecule has 1 aromatic rings. The second kappa shape index (κ2) is 9.58. The second-order valence-corrected chi connectivity index (χ2v) is 7.24. The van der Waals surface area contributed by atoms with Crippen molar-refractivity contribution in [2.75, 3.05) is 38.1 Å². The molecule has 148 valence electrons. The third kappa shape index (κ3) is 5.34. The van der Waals surface area contributed by atoms with E-state index in [-0.39, 0.29) is 12.0 Å². The van der Waals surface area contributed by atoms with Crippen LogP contribution < -0.4 is 5.32 Å². The van der Waals surface area contributed by atoms with E-state index in [4.69, 9.17) is 4.74 Å². The summed E-state index contributed by atoms with van der Waals surface area (Å²) >= 11 is 0. The van der Waals surface area contributed by atoms with Gasteiger partial charge in [-0.15, -0.1) is 0 Å². The van der Waals surface area contributed by atoms with Gasteiger partial charge in [0.25, 0.3) is 5.91 Å². The van der Waals surface area contributed by atoms with Crippen molar-refractivity contribution in [3.05, 3.63) is 23.9 Å². The van der Waals surface area contributed by atoms with Gasteiger partial charge >= 0.3 is 6.09 Å². The van der Waals surface area contributed by atoms with E-state index in [2.05, 4.69) is 10.3 Å². The Morgan fingerprint density at radius 2 is 1.74 bits per heavy atom. The smallest absolute Gasteiger partial charge is 0.409 e. The van der Waals surface area contributed by atoms with Gasteiger partial charge in [-0.1, -0.05) is 25.7 Å². The molecule has 3 rings (SSSR count). The Bertz CT molecular complexity index is 619. The van der Waals surface area contributed by atoms with Crippen LogP contribution in [-0.2, 0) is 4.74 Å². The number of amides is 2. The molecule has 7 nitrogen and oxygen atoms in total. The van der Waals surface area contributed by atoms with Gasteiger partial charge in [-0.05, 0) is 31.9 Å². The van der Waals surface area contributed by atoms with Crippen molar-refractivity contribution in [1.82, 2.24) is 14.8 Å². The Kier molecular flexibility index (Phi) is 6.90. The summed E-state index contributed by atoms with van der Waals surface area (Å²) in [5, 5.41) is 3.50. The van der Waals surface area contributed by atoms with Crippen LogP contribution in [0.2, 0.25) is 0 Å². The number of hydrogen-bond acceptors (Lipinski definition) is 5. The summed E-state index contributed by atoms with van der Waals surface area (Å²) in [5.41, 5.74) is 0.589. The van der Waals surface area contributed by atoms with Crippen molar-refractivity contribution >= 4 is 17.8 Å². The molecule has 7 heteroatoms. The molecule has 1 aromatic heterocycles. The lowest BCUT2D eigenvalue weighted by molar-refractivity contribution is 0.0570. The van der Waals surface area contributed by atoms with Crippen LogP contribution in [-0.4, -0.2) is 65.6 Å². The van der Waals surface area contributed by atoms with Crippen LogP contribution >= 0.6 is 0 Å². The highest BCUT2D eigenvalue weighted by molar-refractivity contribution is 5.94. The molecule has 2 amide bonds. The number of carbonyl (C=O) groups is 2. The Hall–Kier alpha value is -2.31. The summed E-state index contributed by atoms with van der Waals surface area (Å²) in [7, 11) is 0. The first-order chi connectivity index (χ1) is 13.2. The number of aromatic nitrogens is 1. The summed E-state index contributed by atoms with van der Waals surface area (Å²) in [6, 6.07) is 4.22. The van der Waals surface area contributed by atoms with Gasteiger partial charge in [0.15, 0.2) is 0 Å². The molecule has 1 aliphatic carbocycles. The van der Waals surface area contributed by atoms with E-state index in [1.165, 1.54) is 38.5 Å². The summed E-state index contributed by atoms with van der Waals surface area (Å²) < 4.78 is 5.01. The molecule has 0 bridgehead atoms. The standard InChI is InChI=1S/C20H30N4O3/c1-2-27-20(26)24-13-11-23(12-14-24)19(25)16-9-10-18(21-15-16)22-17-7-5-3-4-6-8-17/h9-10,15,17H,2-8,11-14H2,1H3,(H,21,22). The Morgan fingerprint density at radius 3 is 2.33 bits per heavy atom. The predicted octanol–water partition coefficient (Wildman–Crippen LogP) is 3.13. The lowest BCUT2D eigenvalue weighted by Crippen LogP contribution is -2.50. The summed E-state index contributed by atoms with van der Waals surface area (Å²) in [5.74, 6) is 0.803. The Morgan fingerprint density at radius 1 is 1.07 bits per heavy atom. The minimum absolute atomic E-state index is 0.0352. The fourth-order valence-electron chi connectivity index (χ4n) is 3.73. The van der Waals surface area contributed by atoms with E-state index in [1.807, 2.05) is 12.1 Å². The van der Waals surface area contributed by atoms with Crippen LogP contribution in [0.3, 0.4) is 0 Å². The number of anilines is 1. The molecular weight excluding hydrogens is 344 g/mol. The van der Waals surface area contributed by atoms with Crippen molar-refractivity contribution < 1.29 is 14.3 Å². The maximum absolute atomic E-state index is 12.7. The van der Waals surface area contributed by atoms with E-state index >= 15 is 0 Å². The minimum Gasteiger partial charge on any atom is -0.450 e. The molecule has 2 fully saturated rings. The fourth-order valence-corrected chi connectivity index (χ4v) is 3.73. The number of carbonyl (C=O) groups excluding carboxylic acids is 2. The van der Waals surface area contributed by atoms with Gasteiger partial charge in [0, 0.05) is 38.4 Å². The Labute approximate surface area is 161 Å². The topological polar surface area (TPSA) is 74.8 Å². The monoisotopic (exact) mass is 374 g/mol. The molecule has 1 N–H and O–H groups in total. The third-order valence-electron chi connectivity index (χ3n) is 5.31. The number of nitrogens with zero attached hydrogens (tertiary/aromatic N) is 3. The molecule has 1 saturated carbocycles. The molecule has 2 aliphatic rings. The largest absolute Gasteiger partial charge is 0.450 e. The van der Waals surface area contributed by atoms with E-state index in [1.54, 1.807) is 22.9 Å². The van der Waals surface area contributed by atoms with E-state index in [0.29, 0.717) is 44.4 Å². The van der Waals surface area contributed by atoms with E-state index < -0.39 is 0 Å². The van der Waals surface area contributed by atoms with Gasteiger partial charge in [-0.2, -0.15) is 0 Å². The number of pyridine rings is 1. The molecule has 0 unspecified atom stereocenters. The number of piperazine rings is 1. The van der Waals surface area contributed by atoms with Crippen molar-refractivity contribution in [1.29, 1.82) is 0 Å². The summed E-state index contributed by atoms with van der Waals surface area (Å²) in [6.07, 6.45) is 8.91. The number of hydrogen-bond donors (Lipinski definition) is 1. The van der Waals surface area contributed by atoms with Gasteiger partial charge in [0.1, 0.15) is 5.82 Å². The molecule has 0 atom stereocenters. The Balaban J connectivity index is 1.51. The second-order valence-electron chi connectivity index (χ2n) is 7.24. The zero-order valence-electron chi connectivity index (χ0n) is 16.2. The molecule has 0 aromatic carbocycles. The van der Waals surface area contributed by atoms with Crippen LogP contribution in [0.1, 0.15) is 55.8 Å². The first-order valence-corrected chi connectivity index (χ1v) is 10.1. The van der Waals surface area contributed by atoms with Crippen molar-refractivity contribution in [3.8, 4) is 0 Å². The van der Waals surface area contributed by atoms with Crippen molar-refractivity contribution in [2.24, 2.45) is 0 Å². The van der Waals surface area contributed by atoms with E-state index in [0.717, 1.165) is 5.82 Å². The molecule has 0 spiro atoms. The third-order valence-corrected chi connectivity index (χ3v) is 5.31. The average Bonchev–Trinajstić information content (AvgIpc) is 2.97. The zero-order valence-corrected chi connectivity index (χ0v) is 16.2. The molecule has 1 aliphatic heterocycles. The molecule has 2 heterocycles. The van der Waals surface area contributed by atoms with Crippen LogP contribution in [0.5, 0.6) is 0 Å². The fraction of sp³-hybridized carbons (Fsp3) is 0.650. The number of ether oxygens (including phenoxy) is 1. The molecule has 1 saturated heterocycles. The van der Waals surface area contributed by atoms with Crippen LogP contribution in [0.4, 0.5) is 10.6 Å². The van der Waals surface area contributed by atoms with Crippen LogP contribution in [0.15, 0.2) is 18.3 Å². The normalized spacial score (nSPS) is 18.7. The van der Waals surface area contributed by atoms with Crippen molar-refractivity contribution in [3.63, 3.8) is 0 Å². The van der Waals surface area contributed by atoms with Crippen molar-refractivity contribution in [2.45, 2.75) is 51.5 Å². The average molecular weight is 374 g/mol. The highest BCUT2D eigenvalue weighted by Crippen LogP contribution is 2.20.